The molecule has 4 rings (SSSR count). The molecular weight excluding hydrogens is 318 g/mol. The van der Waals surface area contributed by atoms with Gasteiger partial charge in [-0.3, -0.25) is 0 Å². The maximum Gasteiger partial charge on any atom is 0.318 e. The summed E-state index contributed by atoms with van der Waals surface area (Å²) in [6, 6.07) is 18.3. The van der Waals surface area contributed by atoms with Crippen LogP contribution in [0.3, 0.4) is 0 Å². The highest BCUT2D eigenvalue weighted by Gasteiger charge is 2.32. The van der Waals surface area contributed by atoms with Gasteiger partial charge in [0.2, 0.25) is 0 Å². The Morgan fingerprint density at radius 3 is 2.79 bits per heavy atom. The highest BCUT2D eigenvalue weighted by molar-refractivity contribution is 7.18. The fraction of sp³-hybridized carbons (Fsp3) is 0.263. The highest BCUT2D eigenvalue weighted by atomic mass is 32.1. The summed E-state index contributed by atoms with van der Waals surface area (Å²) in [7, 11) is 0. The van der Waals surface area contributed by atoms with E-state index in [2.05, 4.69) is 11.4 Å². The van der Waals surface area contributed by atoms with E-state index < -0.39 is 0 Å². The molecule has 3 aromatic rings. The average molecular weight is 337 g/mol. The number of para-hydroxylation sites is 1. The minimum absolute atomic E-state index is 0.000564. The summed E-state index contributed by atoms with van der Waals surface area (Å²) in [5.41, 5.74) is 2.13. The van der Waals surface area contributed by atoms with Crippen LogP contribution in [0.15, 0.2) is 54.6 Å². The summed E-state index contributed by atoms with van der Waals surface area (Å²) < 4.78 is 1.18. The predicted molar refractivity (Wildman–Crippen MR) is 97.0 cm³/mol. The smallest absolute Gasteiger partial charge is 0.318 e. The van der Waals surface area contributed by atoms with Crippen LogP contribution >= 0.6 is 11.3 Å². The summed E-state index contributed by atoms with van der Waals surface area (Å²) in [4.78, 5) is 19.3. The van der Waals surface area contributed by atoms with Crippen LogP contribution in [0, 0.1) is 0 Å². The predicted octanol–water partition coefficient (Wildman–Crippen LogP) is 4.34. The van der Waals surface area contributed by atoms with Crippen LogP contribution < -0.4 is 5.32 Å². The minimum Gasteiger partial charge on any atom is -0.334 e. The summed E-state index contributed by atoms with van der Waals surface area (Å²) in [5, 5.41) is 4.08. The van der Waals surface area contributed by atoms with Gasteiger partial charge in [0, 0.05) is 13.1 Å². The van der Waals surface area contributed by atoms with Crippen molar-refractivity contribution < 1.29 is 4.79 Å². The lowest BCUT2D eigenvalue weighted by Crippen LogP contribution is -2.39. The zero-order chi connectivity index (χ0) is 16.4. The fourth-order valence-corrected chi connectivity index (χ4v) is 4.29. The van der Waals surface area contributed by atoms with Crippen molar-refractivity contribution in [2.45, 2.75) is 25.4 Å². The molecule has 24 heavy (non-hydrogen) atoms. The molecule has 0 spiro atoms. The summed E-state index contributed by atoms with van der Waals surface area (Å²) >= 11 is 1.70. The second kappa shape index (κ2) is 6.61. The van der Waals surface area contributed by atoms with E-state index in [0.29, 0.717) is 6.54 Å². The number of benzene rings is 2. The molecular formula is C19H19N3OS. The third-order valence-corrected chi connectivity index (χ3v) is 5.53. The third kappa shape index (κ3) is 2.99. The van der Waals surface area contributed by atoms with Gasteiger partial charge >= 0.3 is 6.03 Å². The number of rotatable bonds is 3. The molecule has 0 bridgehead atoms. The lowest BCUT2D eigenvalue weighted by atomic mass is 10.2. The van der Waals surface area contributed by atoms with Crippen molar-refractivity contribution in [1.29, 1.82) is 0 Å². The maximum atomic E-state index is 12.6. The average Bonchev–Trinajstić information content (AvgIpc) is 3.26. The fourth-order valence-electron chi connectivity index (χ4n) is 3.17. The van der Waals surface area contributed by atoms with Crippen molar-refractivity contribution in [1.82, 2.24) is 15.2 Å². The number of hydrogen-bond acceptors (Lipinski definition) is 3. The van der Waals surface area contributed by atoms with E-state index in [1.54, 1.807) is 11.3 Å². The van der Waals surface area contributed by atoms with Gasteiger partial charge in [-0.25, -0.2) is 9.78 Å². The molecule has 1 aliphatic heterocycles. The van der Waals surface area contributed by atoms with Gasteiger partial charge in [0.05, 0.1) is 16.3 Å². The van der Waals surface area contributed by atoms with E-state index in [0.717, 1.165) is 35.5 Å². The van der Waals surface area contributed by atoms with Gasteiger partial charge in [0.15, 0.2) is 0 Å². The Kier molecular flexibility index (Phi) is 4.17. The molecule has 2 heterocycles. The first-order chi connectivity index (χ1) is 11.8. The molecule has 5 heteroatoms. The quantitative estimate of drug-likeness (QED) is 0.772. The molecule has 0 saturated carbocycles. The summed E-state index contributed by atoms with van der Waals surface area (Å²) in [6.07, 6.45) is 2.01. The van der Waals surface area contributed by atoms with Crippen molar-refractivity contribution in [3.05, 3.63) is 65.2 Å². The van der Waals surface area contributed by atoms with Crippen LogP contribution in [0.4, 0.5) is 4.79 Å². The molecule has 4 nitrogen and oxygen atoms in total. The Labute approximate surface area is 145 Å². The molecule has 1 unspecified atom stereocenters. The van der Waals surface area contributed by atoms with Crippen molar-refractivity contribution in [2.75, 3.05) is 6.54 Å². The third-order valence-electron chi connectivity index (χ3n) is 4.40. The van der Waals surface area contributed by atoms with Crippen LogP contribution in [-0.4, -0.2) is 22.5 Å². The number of nitrogens with zero attached hydrogens (tertiary/aromatic N) is 2. The molecule has 0 radical (unpaired) electrons. The number of likely N-dealkylation sites (tertiary alicyclic amines) is 1. The molecule has 122 valence electrons. The first-order valence-electron chi connectivity index (χ1n) is 8.25. The zero-order valence-electron chi connectivity index (χ0n) is 13.3. The second-order valence-corrected chi connectivity index (χ2v) is 7.08. The molecule has 2 aromatic carbocycles. The lowest BCUT2D eigenvalue weighted by molar-refractivity contribution is 0.192. The van der Waals surface area contributed by atoms with Gasteiger partial charge in [-0.05, 0) is 30.5 Å². The zero-order valence-corrected chi connectivity index (χ0v) is 14.1. The van der Waals surface area contributed by atoms with E-state index in [9.17, 15) is 4.79 Å². The van der Waals surface area contributed by atoms with E-state index in [1.807, 2.05) is 53.4 Å². The van der Waals surface area contributed by atoms with Gasteiger partial charge in [-0.2, -0.15) is 0 Å². The Balaban J connectivity index is 1.48. The summed E-state index contributed by atoms with van der Waals surface area (Å²) in [6.45, 7) is 1.35. The molecule has 1 aromatic heterocycles. The number of fused-ring (bicyclic) bond motifs is 1. The van der Waals surface area contributed by atoms with Crippen molar-refractivity contribution in [3.8, 4) is 0 Å². The van der Waals surface area contributed by atoms with Crippen LogP contribution in [0.5, 0.6) is 0 Å². The van der Waals surface area contributed by atoms with Crippen molar-refractivity contribution >= 4 is 27.6 Å². The Morgan fingerprint density at radius 1 is 1.17 bits per heavy atom. The van der Waals surface area contributed by atoms with Crippen LogP contribution in [0.1, 0.15) is 29.5 Å². The number of carbonyl (C=O) groups excluding carboxylic acids is 1. The standard InChI is InChI=1S/C19H19N3OS/c23-19(20-13-14-7-2-1-3-8-14)22-12-6-10-16(22)18-21-15-9-4-5-11-17(15)24-18/h1-5,7-9,11,16H,6,10,12-13H2,(H,20,23). The van der Waals surface area contributed by atoms with Crippen LogP contribution in [0.2, 0.25) is 0 Å². The molecule has 1 atom stereocenters. The van der Waals surface area contributed by atoms with Crippen LogP contribution in [-0.2, 0) is 6.54 Å². The number of amides is 2. The van der Waals surface area contributed by atoms with E-state index in [-0.39, 0.29) is 12.1 Å². The monoisotopic (exact) mass is 337 g/mol. The first-order valence-corrected chi connectivity index (χ1v) is 9.07. The second-order valence-electron chi connectivity index (χ2n) is 6.02. The maximum absolute atomic E-state index is 12.6. The van der Waals surface area contributed by atoms with Gasteiger partial charge in [-0.15, -0.1) is 11.3 Å². The Bertz CT molecular complexity index is 813. The molecule has 1 N–H and O–H groups in total. The van der Waals surface area contributed by atoms with E-state index in [4.69, 9.17) is 4.98 Å². The number of carbonyl (C=O) groups is 1. The number of nitrogens with one attached hydrogen (secondary N) is 1. The molecule has 2 amide bonds. The van der Waals surface area contributed by atoms with Crippen LogP contribution in [0.25, 0.3) is 10.2 Å². The van der Waals surface area contributed by atoms with Gasteiger partial charge in [0.25, 0.3) is 0 Å². The molecule has 1 fully saturated rings. The Morgan fingerprint density at radius 2 is 1.96 bits per heavy atom. The largest absolute Gasteiger partial charge is 0.334 e. The molecule has 1 saturated heterocycles. The van der Waals surface area contributed by atoms with Gasteiger partial charge < -0.3 is 10.2 Å². The van der Waals surface area contributed by atoms with Crippen molar-refractivity contribution in [3.63, 3.8) is 0 Å². The van der Waals surface area contributed by atoms with Gasteiger partial charge in [0.1, 0.15) is 5.01 Å². The number of hydrogen-bond donors (Lipinski definition) is 1. The SMILES string of the molecule is O=C(NCc1ccccc1)N1CCCC1c1nc2ccccc2s1. The highest BCUT2D eigenvalue weighted by Crippen LogP contribution is 2.36. The topological polar surface area (TPSA) is 45.2 Å². The van der Waals surface area contributed by atoms with Gasteiger partial charge in [-0.1, -0.05) is 42.5 Å². The number of aromatic nitrogens is 1. The molecule has 0 aliphatic carbocycles. The van der Waals surface area contributed by atoms with E-state index >= 15 is 0 Å². The molecule has 1 aliphatic rings. The Hall–Kier alpha value is -2.40. The lowest BCUT2D eigenvalue weighted by Gasteiger charge is -2.23. The first kappa shape index (κ1) is 15.1. The normalized spacial score (nSPS) is 17.3. The summed E-state index contributed by atoms with van der Waals surface area (Å²) in [5.74, 6) is 0. The minimum atomic E-state index is 0.000564. The van der Waals surface area contributed by atoms with Crippen molar-refractivity contribution in [2.24, 2.45) is 0 Å². The number of urea groups is 1. The number of thiazole rings is 1. The van der Waals surface area contributed by atoms with E-state index in [1.165, 1.54) is 4.70 Å².